The number of para-hydroxylation sites is 2. The second kappa shape index (κ2) is 7.95. The van der Waals surface area contributed by atoms with E-state index in [4.69, 9.17) is 4.74 Å². The Morgan fingerprint density at radius 2 is 1.52 bits per heavy atom. The molecular formula is C27H26N2O2. The summed E-state index contributed by atoms with van der Waals surface area (Å²) in [6.07, 6.45) is 1.33. The Morgan fingerprint density at radius 3 is 2.23 bits per heavy atom. The van der Waals surface area contributed by atoms with E-state index in [0.717, 1.165) is 40.4 Å². The van der Waals surface area contributed by atoms with Gasteiger partial charge in [0.2, 0.25) is 0 Å². The predicted molar refractivity (Wildman–Crippen MR) is 125 cm³/mol. The summed E-state index contributed by atoms with van der Waals surface area (Å²) in [5.41, 5.74) is 7.36. The second-order valence-electron chi connectivity index (χ2n) is 8.35. The van der Waals surface area contributed by atoms with E-state index in [-0.39, 0.29) is 17.7 Å². The van der Waals surface area contributed by atoms with E-state index in [1.807, 2.05) is 36.4 Å². The van der Waals surface area contributed by atoms with Gasteiger partial charge in [0.05, 0.1) is 24.5 Å². The molecular weight excluding hydrogens is 384 g/mol. The van der Waals surface area contributed by atoms with Gasteiger partial charge in [0.25, 0.3) is 0 Å². The number of hydrogen-bond acceptors (Lipinski definition) is 4. The lowest BCUT2D eigenvalue weighted by atomic mass is 9.78. The Hall–Kier alpha value is -3.53. The molecule has 0 spiro atoms. The molecule has 4 heteroatoms. The molecule has 156 valence electrons. The minimum absolute atomic E-state index is 0.182. The smallest absolute Gasteiger partial charge is 0.163 e. The van der Waals surface area contributed by atoms with Gasteiger partial charge in [-0.1, -0.05) is 54.1 Å². The Morgan fingerprint density at radius 1 is 0.839 bits per heavy atom. The number of fused-ring (bicyclic) bond motifs is 1. The summed E-state index contributed by atoms with van der Waals surface area (Å²) in [6.45, 7) is 2.09. The van der Waals surface area contributed by atoms with Gasteiger partial charge in [-0.15, -0.1) is 0 Å². The summed E-state index contributed by atoms with van der Waals surface area (Å²) in [7, 11) is 1.66. The van der Waals surface area contributed by atoms with Gasteiger partial charge in [0, 0.05) is 17.7 Å². The van der Waals surface area contributed by atoms with Gasteiger partial charge in [-0.25, -0.2) is 0 Å². The van der Waals surface area contributed by atoms with E-state index in [9.17, 15) is 4.79 Å². The van der Waals surface area contributed by atoms with E-state index in [0.29, 0.717) is 6.42 Å². The van der Waals surface area contributed by atoms with Crippen LogP contribution >= 0.6 is 0 Å². The molecule has 2 aliphatic rings. The molecule has 0 unspecified atom stereocenters. The number of ether oxygens (including phenoxy) is 1. The molecule has 1 aliphatic heterocycles. The normalized spacial score (nSPS) is 20.1. The van der Waals surface area contributed by atoms with Crippen LogP contribution in [0.5, 0.6) is 5.75 Å². The van der Waals surface area contributed by atoms with Crippen molar-refractivity contribution in [1.82, 2.24) is 0 Å². The van der Waals surface area contributed by atoms with Gasteiger partial charge in [-0.3, -0.25) is 4.79 Å². The first-order valence-corrected chi connectivity index (χ1v) is 10.7. The highest BCUT2D eigenvalue weighted by molar-refractivity contribution is 6.01. The number of carbonyl (C=O) groups excluding carboxylic acids is 1. The number of anilines is 2. The molecule has 31 heavy (non-hydrogen) atoms. The zero-order chi connectivity index (χ0) is 21.4. The molecule has 0 saturated carbocycles. The van der Waals surface area contributed by atoms with Gasteiger partial charge in [0.1, 0.15) is 5.75 Å². The van der Waals surface area contributed by atoms with Crippen LogP contribution in [0.25, 0.3) is 0 Å². The van der Waals surface area contributed by atoms with Crippen molar-refractivity contribution in [1.29, 1.82) is 0 Å². The third kappa shape index (κ3) is 3.70. The number of carbonyl (C=O) groups is 1. The predicted octanol–water partition coefficient (Wildman–Crippen LogP) is 5.98. The van der Waals surface area contributed by atoms with Crippen LogP contribution in [0.3, 0.4) is 0 Å². The number of aryl methyl sites for hydroxylation is 1. The zero-order valence-corrected chi connectivity index (χ0v) is 17.8. The topological polar surface area (TPSA) is 50.4 Å². The lowest BCUT2D eigenvalue weighted by molar-refractivity contribution is -0.116. The lowest BCUT2D eigenvalue weighted by Crippen LogP contribution is -2.26. The first kappa shape index (κ1) is 19.4. The Balaban J connectivity index is 1.58. The fourth-order valence-corrected chi connectivity index (χ4v) is 4.61. The molecule has 1 heterocycles. The minimum Gasteiger partial charge on any atom is -0.497 e. The van der Waals surface area contributed by atoms with Crippen LogP contribution in [0.15, 0.2) is 84.1 Å². The molecule has 0 aromatic heterocycles. The fourth-order valence-electron chi connectivity index (χ4n) is 4.61. The maximum Gasteiger partial charge on any atom is 0.163 e. The van der Waals surface area contributed by atoms with E-state index < -0.39 is 0 Å². The van der Waals surface area contributed by atoms with Crippen molar-refractivity contribution in [3.8, 4) is 5.75 Å². The molecule has 3 aromatic carbocycles. The van der Waals surface area contributed by atoms with Crippen molar-refractivity contribution >= 4 is 17.2 Å². The summed E-state index contributed by atoms with van der Waals surface area (Å²) in [5.74, 6) is 1.18. The quantitative estimate of drug-likeness (QED) is 0.557. The Bertz CT molecular complexity index is 1150. The fraction of sp³-hybridized carbons (Fsp3) is 0.222. The molecule has 3 aromatic rings. The highest BCUT2D eigenvalue weighted by atomic mass is 16.5. The maximum atomic E-state index is 13.5. The molecule has 5 rings (SSSR count). The van der Waals surface area contributed by atoms with Crippen molar-refractivity contribution < 1.29 is 9.53 Å². The Labute approximate surface area is 183 Å². The minimum atomic E-state index is -0.205. The number of rotatable bonds is 3. The summed E-state index contributed by atoms with van der Waals surface area (Å²) < 4.78 is 5.32. The van der Waals surface area contributed by atoms with Gasteiger partial charge in [-0.2, -0.15) is 0 Å². The summed E-state index contributed by atoms with van der Waals surface area (Å²) in [6, 6.07) is 24.5. The monoisotopic (exact) mass is 410 g/mol. The molecule has 0 bridgehead atoms. The first-order valence-electron chi connectivity index (χ1n) is 10.7. The van der Waals surface area contributed by atoms with Crippen LogP contribution in [-0.4, -0.2) is 12.9 Å². The SMILES string of the molecule is COc1ccc([C@H]2Nc3ccccc3NC3=C2C(=O)C[C@@H](c2ccc(C)cc2)C3)cc1. The van der Waals surface area contributed by atoms with Crippen LogP contribution in [0.2, 0.25) is 0 Å². The molecule has 0 radical (unpaired) electrons. The van der Waals surface area contributed by atoms with Crippen molar-refractivity contribution in [2.45, 2.75) is 31.7 Å². The zero-order valence-electron chi connectivity index (χ0n) is 17.8. The lowest BCUT2D eigenvalue weighted by Gasteiger charge is -2.30. The molecule has 1 aliphatic carbocycles. The number of ketones is 1. The van der Waals surface area contributed by atoms with E-state index in [1.165, 1.54) is 11.1 Å². The van der Waals surface area contributed by atoms with Crippen LogP contribution in [0, 0.1) is 6.92 Å². The third-order valence-electron chi connectivity index (χ3n) is 6.31. The average Bonchev–Trinajstić information content (AvgIpc) is 2.96. The van der Waals surface area contributed by atoms with Gasteiger partial charge >= 0.3 is 0 Å². The van der Waals surface area contributed by atoms with E-state index >= 15 is 0 Å². The van der Waals surface area contributed by atoms with Gasteiger partial charge in [-0.05, 0) is 54.7 Å². The van der Waals surface area contributed by atoms with Crippen molar-refractivity contribution in [2.75, 3.05) is 17.7 Å². The number of methoxy groups -OCH3 is 1. The number of nitrogens with one attached hydrogen (secondary N) is 2. The van der Waals surface area contributed by atoms with Crippen molar-refractivity contribution in [3.05, 3.63) is 101 Å². The van der Waals surface area contributed by atoms with Gasteiger partial charge in [0.15, 0.2) is 5.78 Å². The first-order chi connectivity index (χ1) is 15.1. The van der Waals surface area contributed by atoms with Crippen LogP contribution in [0.4, 0.5) is 11.4 Å². The molecule has 0 fully saturated rings. The standard InChI is InChI=1S/C27H26N2O2/c1-17-7-9-18(10-8-17)20-15-24-26(25(30)16-20)27(19-11-13-21(31-2)14-12-19)29-23-6-4-3-5-22(23)28-24/h3-14,20,27-29H,15-16H2,1-2H3/t20-,27+/m0/s1. The third-order valence-corrected chi connectivity index (χ3v) is 6.31. The van der Waals surface area contributed by atoms with Crippen LogP contribution in [-0.2, 0) is 4.79 Å². The van der Waals surface area contributed by atoms with Crippen molar-refractivity contribution in [2.24, 2.45) is 0 Å². The Kier molecular flexibility index (Phi) is 4.99. The largest absolute Gasteiger partial charge is 0.497 e. The average molecular weight is 411 g/mol. The van der Waals surface area contributed by atoms with Crippen LogP contribution < -0.4 is 15.4 Å². The molecule has 0 amide bonds. The number of allylic oxidation sites excluding steroid dienone is 1. The van der Waals surface area contributed by atoms with E-state index in [2.05, 4.69) is 54.0 Å². The van der Waals surface area contributed by atoms with E-state index in [1.54, 1.807) is 7.11 Å². The number of benzene rings is 3. The van der Waals surface area contributed by atoms with Crippen LogP contribution in [0.1, 0.15) is 41.5 Å². The van der Waals surface area contributed by atoms with Crippen molar-refractivity contribution in [3.63, 3.8) is 0 Å². The molecule has 2 atom stereocenters. The highest BCUT2D eigenvalue weighted by Crippen LogP contribution is 2.44. The second-order valence-corrected chi connectivity index (χ2v) is 8.35. The molecule has 0 saturated heterocycles. The summed E-state index contributed by atoms with van der Waals surface area (Å²) in [5, 5.41) is 7.22. The number of hydrogen-bond donors (Lipinski definition) is 2. The highest BCUT2D eigenvalue weighted by Gasteiger charge is 2.36. The molecule has 2 N–H and O–H groups in total. The molecule has 4 nitrogen and oxygen atoms in total. The summed E-state index contributed by atoms with van der Waals surface area (Å²) >= 11 is 0. The summed E-state index contributed by atoms with van der Waals surface area (Å²) in [4.78, 5) is 13.5. The maximum absolute atomic E-state index is 13.5. The number of Topliss-reactive ketones (excluding diaryl/α,β-unsaturated/α-hetero) is 1. The van der Waals surface area contributed by atoms with Gasteiger partial charge < -0.3 is 15.4 Å².